The van der Waals surface area contributed by atoms with E-state index in [1.54, 1.807) is 16.8 Å². The minimum atomic E-state index is -0.417. The van der Waals surface area contributed by atoms with E-state index in [1.807, 2.05) is 0 Å². The van der Waals surface area contributed by atoms with Crippen LogP contribution >= 0.6 is 0 Å². The molecule has 1 aromatic carbocycles. The van der Waals surface area contributed by atoms with E-state index in [9.17, 15) is 10.1 Å². The molecule has 0 aliphatic carbocycles. The van der Waals surface area contributed by atoms with Crippen molar-refractivity contribution in [2.24, 2.45) is 5.92 Å². The number of rotatable bonds is 4. The van der Waals surface area contributed by atoms with E-state index in [2.05, 4.69) is 27.3 Å². The Morgan fingerprint density at radius 2 is 2.09 bits per heavy atom. The number of nitrogens with zero attached hydrogens (tertiary/aromatic N) is 6. The van der Waals surface area contributed by atoms with Crippen LogP contribution in [0.1, 0.15) is 25.6 Å². The van der Waals surface area contributed by atoms with Crippen molar-refractivity contribution < 1.29 is 21.9 Å². The minimum absolute atomic E-state index is 0. The van der Waals surface area contributed by atoms with Crippen molar-refractivity contribution in [2.75, 3.05) is 13.1 Å². The molecule has 3 rings (SSSR count). The molecule has 8 nitrogen and oxygen atoms in total. The predicted octanol–water partition coefficient (Wildman–Crippen LogP) is -1.19. The Morgan fingerprint density at radius 1 is 1.35 bits per heavy atom. The first kappa shape index (κ1) is 17.5. The summed E-state index contributed by atoms with van der Waals surface area (Å²) in [5.41, 5.74) is 0.644. The summed E-state index contributed by atoms with van der Waals surface area (Å²) in [6.07, 6.45) is 2.36. The van der Waals surface area contributed by atoms with Gasteiger partial charge in [-0.2, -0.15) is 4.68 Å². The number of piperidine rings is 1. The van der Waals surface area contributed by atoms with Crippen LogP contribution in [0.15, 0.2) is 24.3 Å². The molecule has 9 heteroatoms. The van der Waals surface area contributed by atoms with Gasteiger partial charge in [0, 0.05) is 12.1 Å². The van der Waals surface area contributed by atoms with Gasteiger partial charge in [-0.15, -0.1) is 5.10 Å². The second-order valence-corrected chi connectivity index (χ2v) is 5.74. The van der Waals surface area contributed by atoms with E-state index in [0.717, 1.165) is 19.0 Å². The van der Waals surface area contributed by atoms with Gasteiger partial charge in [-0.25, -0.2) is 0 Å². The van der Waals surface area contributed by atoms with Crippen molar-refractivity contribution in [3.8, 4) is 5.69 Å². The lowest BCUT2D eigenvalue weighted by atomic mass is 9.99. The van der Waals surface area contributed by atoms with Crippen molar-refractivity contribution in [3.63, 3.8) is 0 Å². The lowest BCUT2D eigenvalue weighted by molar-refractivity contribution is -0.384. The van der Waals surface area contributed by atoms with Gasteiger partial charge >= 0.3 is 0 Å². The number of non-ortho nitro benzene ring substituents is 1. The number of nitro groups is 1. The number of tetrazole rings is 1. The maximum absolute atomic E-state index is 10.9. The summed E-state index contributed by atoms with van der Waals surface area (Å²) in [4.78, 5) is 12.8. The molecule has 0 bridgehead atoms. The average Bonchev–Trinajstić information content (AvgIpc) is 2.98. The molecule has 0 unspecified atom stereocenters. The summed E-state index contributed by atoms with van der Waals surface area (Å²) < 4.78 is 1.57. The van der Waals surface area contributed by atoms with Crippen LogP contribution in [0, 0.1) is 16.0 Å². The molecule has 2 heterocycles. The zero-order valence-corrected chi connectivity index (χ0v) is 14.4. The van der Waals surface area contributed by atoms with Crippen molar-refractivity contribution in [1.29, 1.82) is 0 Å². The molecule has 124 valence electrons. The molecule has 0 atom stereocenters. The average molecular weight is 382 g/mol. The van der Waals surface area contributed by atoms with Crippen LogP contribution in [0.25, 0.3) is 5.69 Å². The van der Waals surface area contributed by atoms with E-state index >= 15 is 0 Å². The van der Waals surface area contributed by atoms with Crippen molar-refractivity contribution in [2.45, 2.75) is 26.3 Å². The monoisotopic (exact) mass is 381 g/mol. The normalized spacial score (nSPS) is 16.0. The molecule has 0 radical (unpaired) electrons. The summed E-state index contributed by atoms with van der Waals surface area (Å²) in [7, 11) is 0. The van der Waals surface area contributed by atoms with Crippen LogP contribution in [-0.4, -0.2) is 43.1 Å². The molecule has 1 aliphatic rings. The third kappa shape index (κ3) is 4.11. The number of hydrogen-bond donors (Lipinski definition) is 0. The van der Waals surface area contributed by atoms with Crippen LogP contribution in [0.5, 0.6) is 0 Å². The predicted molar refractivity (Wildman–Crippen MR) is 79.5 cm³/mol. The van der Waals surface area contributed by atoms with Crippen molar-refractivity contribution in [3.05, 3.63) is 40.2 Å². The number of benzene rings is 1. The minimum Gasteiger partial charge on any atom is -1.00 e. The highest BCUT2D eigenvalue weighted by Gasteiger charge is 2.19. The summed E-state index contributed by atoms with van der Waals surface area (Å²) >= 11 is 0. The molecule has 1 fully saturated rings. The van der Waals surface area contributed by atoms with Gasteiger partial charge in [0.05, 0.1) is 17.2 Å². The maximum Gasteiger partial charge on any atom is 0.271 e. The largest absolute Gasteiger partial charge is 1.00 e. The van der Waals surface area contributed by atoms with Crippen molar-refractivity contribution >= 4 is 5.69 Å². The topological polar surface area (TPSA) is 90.0 Å². The van der Waals surface area contributed by atoms with E-state index < -0.39 is 4.92 Å². The first-order valence-electron chi connectivity index (χ1n) is 7.38. The Labute approximate surface area is 144 Å². The Bertz CT molecular complexity index is 669. The highest BCUT2D eigenvalue weighted by atomic mass is 79.9. The summed E-state index contributed by atoms with van der Waals surface area (Å²) in [5.74, 6) is 1.47. The third-order valence-electron chi connectivity index (χ3n) is 4.06. The van der Waals surface area contributed by atoms with Crippen molar-refractivity contribution in [1.82, 2.24) is 25.1 Å². The first-order chi connectivity index (χ1) is 10.6. The van der Waals surface area contributed by atoms with Gasteiger partial charge in [0.15, 0.2) is 5.82 Å². The highest BCUT2D eigenvalue weighted by molar-refractivity contribution is 5.42. The smallest absolute Gasteiger partial charge is 0.271 e. The molecule has 1 saturated heterocycles. The van der Waals surface area contributed by atoms with Crippen LogP contribution in [0.4, 0.5) is 5.69 Å². The van der Waals surface area contributed by atoms with Gasteiger partial charge in [0.2, 0.25) is 0 Å². The van der Waals surface area contributed by atoms with Crippen LogP contribution in [-0.2, 0) is 6.54 Å². The van der Waals surface area contributed by atoms with Gasteiger partial charge < -0.3 is 17.0 Å². The maximum atomic E-state index is 10.9. The van der Waals surface area contributed by atoms with E-state index in [0.29, 0.717) is 18.1 Å². The van der Waals surface area contributed by atoms with E-state index in [4.69, 9.17) is 0 Å². The Balaban J connectivity index is 0.00000192. The van der Waals surface area contributed by atoms with Gasteiger partial charge in [-0.1, -0.05) is 13.0 Å². The fourth-order valence-electron chi connectivity index (χ4n) is 2.66. The molecular weight excluding hydrogens is 364 g/mol. The molecule has 23 heavy (non-hydrogen) atoms. The Morgan fingerprint density at radius 3 is 2.78 bits per heavy atom. The van der Waals surface area contributed by atoms with Gasteiger partial charge in [0.1, 0.15) is 0 Å². The number of halogens is 1. The summed E-state index contributed by atoms with van der Waals surface area (Å²) in [5, 5.41) is 22.7. The second kappa shape index (κ2) is 7.60. The Kier molecular flexibility index (Phi) is 5.78. The molecule has 0 amide bonds. The van der Waals surface area contributed by atoms with Crippen LogP contribution < -0.4 is 17.0 Å². The molecule has 1 aromatic heterocycles. The molecule has 1 aliphatic heterocycles. The van der Waals surface area contributed by atoms with Gasteiger partial charge in [0.25, 0.3) is 5.69 Å². The summed E-state index contributed by atoms with van der Waals surface area (Å²) in [6, 6.07) is 6.35. The molecule has 2 aromatic rings. The first-order valence-corrected chi connectivity index (χ1v) is 7.38. The Hall–Kier alpha value is -1.87. The quantitative estimate of drug-likeness (QED) is 0.488. The SMILES string of the molecule is CC1CCN(Cc2nnnn2-c2cccc([N+](=O)[O-])c2)CC1.[Br-]. The number of hydrogen-bond acceptors (Lipinski definition) is 6. The fraction of sp³-hybridized carbons (Fsp3) is 0.500. The fourth-order valence-corrected chi connectivity index (χ4v) is 2.66. The van der Waals surface area contributed by atoms with Gasteiger partial charge in [-0.05, 0) is 48.3 Å². The standard InChI is InChI=1S/C14H18N6O2.BrH/c1-11-5-7-18(8-6-11)10-14-15-16-17-19(14)12-3-2-4-13(9-12)20(21)22;/h2-4,9,11H,5-8,10H2,1H3;1H/p-1. The third-order valence-corrected chi connectivity index (χ3v) is 4.06. The number of likely N-dealkylation sites (tertiary alicyclic amines) is 1. The van der Waals surface area contributed by atoms with Crippen LogP contribution in [0.2, 0.25) is 0 Å². The summed E-state index contributed by atoms with van der Waals surface area (Å²) in [6.45, 7) is 4.98. The van der Waals surface area contributed by atoms with Crippen LogP contribution in [0.3, 0.4) is 0 Å². The molecule has 0 saturated carbocycles. The zero-order chi connectivity index (χ0) is 15.5. The lowest BCUT2D eigenvalue weighted by Crippen LogP contribution is -3.00. The number of nitro benzene ring substituents is 1. The lowest BCUT2D eigenvalue weighted by Gasteiger charge is -2.29. The zero-order valence-electron chi connectivity index (χ0n) is 12.8. The molecule has 0 N–H and O–H groups in total. The van der Waals surface area contributed by atoms with E-state index in [-0.39, 0.29) is 22.7 Å². The second-order valence-electron chi connectivity index (χ2n) is 5.74. The van der Waals surface area contributed by atoms with E-state index in [1.165, 1.54) is 25.0 Å². The molecule has 0 spiro atoms. The molecular formula is C14H18BrN6O2-. The van der Waals surface area contributed by atoms with Gasteiger partial charge in [-0.3, -0.25) is 15.0 Å². The number of aromatic nitrogens is 4. The highest BCUT2D eigenvalue weighted by Crippen LogP contribution is 2.20.